The zero-order valence-electron chi connectivity index (χ0n) is 17.3. The summed E-state index contributed by atoms with van der Waals surface area (Å²) in [7, 11) is 1.45. The van der Waals surface area contributed by atoms with Crippen molar-refractivity contribution in [3.63, 3.8) is 0 Å². The molecule has 168 valence electrons. The van der Waals surface area contributed by atoms with E-state index in [0.29, 0.717) is 21.5 Å². The van der Waals surface area contributed by atoms with E-state index in [-0.39, 0.29) is 47.1 Å². The first kappa shape index (κ1) is 21.3. The van der Waals surface area contributed by atoms with Crippen LogP contribution in [0.3, 0.4) is 0 Å². The molecule has 1 saturated carbocycles. The molecule has 5 rings (SSSR count). The Labute approximate surface area is 196 Å². The molecule has 2 bridgehead atoms. The number of carbonyl (C=O) groups is 2. The molecule has 2 amide bonds. The van der Waals surface area contributed by atoms with E-state index < -0.39 is 4.92 Å². The summed E-state index contributed by atoms with van der Waals surface area (Å²) in [5.41, 5.74) is 0.417. The summed E-state index contributed by atoms with van der Waals surface area (Å²) in [5.74, 6) is -0.103. The molecular formula is C22H17BrN4O6. The highest BCUT2D eigenvalue weighted by Crippen LogP contribution is 2.52. The lowest BCUT2D eigenvalue weighted by atomic mass is 9.85. The number of hydrazone groups is 1. The van der Waals surface area contributed by atoms with Crippen LogP contribution in [0, 0.1) is 33.8 Å². The van der Waals surface area contributed by atoms with Crippen molar-refractivity contribution in [1.29, 1.82) is 0 Å². The number of halogens is 1. The second-order valence-corrected chi connectivity index (χ2v) is 8.83. The molecule has 3 aliphatic rings. The number of aromatic nitrogens is 1. The van der Waals surface area contributed by atoms with E-state index in [2.05, 4.69) is 26.0 Å². The van der Waals surface area contributed by atoms with Gasteiger partial charge in [-0.2, -0.15) is 10.1 Å². The Morgan fingerprint density at radius 3 is 2.48 bits per heavy atom. The molecular weight excluding hydrogens is 496 g/mol. The van der Waals surface area contributed by atoms with Crippen molar-refractivity contribution < 1.29 is 24.0 Å². The average Bonchev–Trinajstić information content (AvgIpc) is 3.48. The third-order valence-electron chi connectivity index (χ3n) is 6.16. The lowest BCUT2D eigenvalue weighted by Crippen LogP contribution is -2.28. The molecule has 1 aromatic carbocycles. The van der Waals surface area contributed by atoms with Gasteiger partial charge < -0.3 is 9.47 Å². The number of hydrogen-bond acceptors (Lipinski definition) is 8. The third-order valence-corrected chi connectivity index (χ3v) is 6.75. The fraction of sp³-hybridized carbons (Fsp3) is 0.273. The van der Waals surface area contributed by atoms with Crippen LogP contribution in [0.4, 0.5) is 5.69 Å². The standard InChI is InChI=1S/C22H17BrN4O6/c1-32-16-7-11(6-15(23)20(16)33-17-5-4-14(10-24-17)27(30)31)9-25-26-21(28)18-12-2-3-13(8-12)19(18)22(26)29/h2-7,9-10,12-13,18-19H,8H2,1H3/t12-,13-,18-,19+/m0/s1. The zero-order valence-corrected chi connectivity index (χ0v) is 18.8. The number of amides is 2. The lowest BCUT2D eigenvalue weighted by Gasteiger charge is -2.13. The highest BCUT2D eigenvalue weighted by molar-refractivity contribution is 9.10. The Bertz CT molecular complexity index is 1200. The van der Waals surface area contributed by atoms with E-state index in [0.717, 1.165) is 17.6 Å². The SMILES string of the molecule is COc1cc(C=NN2C(=O)[C@@H]3[C@H](C2=O)[C@H]2C=C[C@H]3C2)cc(Br)c1Oc1ccc([N+](=O)[O-])cn1. The third kappa shape index (κ3) is 3.58. The van der Waals surface area contributed by atoms with E-state index in [1.165, 1.54) is 25.5 Å². The number of fused-ring (bicyclic) bond motifs is 5. The molecule has 1 aliphatic heterocycles. The molecule has 1 saturated heterocycles. The number of nitrogens with zero attached hydrogens (tertiary/aromatic N) is 4. The summed E-state index contributed by atoms with van der Waals surface area (Å²) in [6, 6.07) is 5.98. The fourth-order valence-electron chi connectivity index (χ4n) is 4.68. The number of imide groups is 1. The number of carbonyl (C=O) groups excluding carboxylic acids is 2. The molecule has 2 aliphatic carbocycles. The van der Waals surface area contributed by atoms with E-state index in [1.807, 2.05) is 12.2 Å². The van der Waals surface area contributed by atoms with Crippen LogP contribution in [0.5, 0.6) is 17.4 Å². The molecule has 1 aromatic heterocycles. The minimum Gasteiger partial charge on any atom is -0.493 e. The summed E-state index contributed by atoms with van der Waals surface area (Å²) in [6.45, 7) is 0. The van der Waals surface area contributed by atoms with Gasteiger partial charge in [-0.05, 0) is 51.9 Å². The Hall–Kier alpha value is -3.60. The van der Waals surface area contributed by atoms with Gasteiger partial charge in [-0.1, -0.05) is 12.2 Å². The van der Waals surface area contributed by atoms with Gasteiger partial charge in [-0.3, -0.25) is 19.7 Å². The van der Waals surface area contributed by atoms with Crippen molar-refractivity contribution in [1.82, 2.24) is 9.99 Å². The molecule has 0 N–H and O–H groups in total. The topological polar surface area (TPSA) is 124 Å². The van der Waals surface area contributed by atoms with Crippen LogP contribution in [0.25, 0.3) is 0 Å². The van der Waals surface area contributed by atoms with Crippen molar-refractivity contribution in [2.45, 2.75) is 6.42 Å². The van der Waals surface area contributed by atoms with Crippen LogP contribution in [-0.2, 0) is 9.59 Å². The van der Waals surface area contributed by atoms with Crippen molar-refractivity contribution in [3.8, 4) is 17.4 Å². The maximum Gasteiger partial charge on any atom is 0.287 e. The van der Waals surface area contributed by atoms with Crippen molar-refractivity contribution in [2.75, 3.05) is 7.11 Å². The fourth-order valence-corrected chi connectivity index (χ4v) is 5.22. The second kappa shape index (κ2) is 8.07. The number of methoxy groups -OCH3 is 1. The second-order valence-electron chi connectivity index (χ2n) is 7.98. The molecule has 4 atom stereocenters. The van der Waals surface area contributed by atoms with Gasteiger partial charge in [-0.25, -0.2) is 4.98 Å². The Morgan fingerprint density at radius 1 is 1.21 bits per heavy atom. The molecule has 2 fully saturated rings. The van der Waals surface area contributed by atoms with Crippen LogP contribution in [-0.4, -0.2) is 40.1 Å². The van der Waals surface area contributed by atoms with E-state index in [9.17, 15) is 19.7 Å². The van der Waals surface area contributed by atoms with Gasteiger partial charge in [0, 0.05) is 12.1 Å². The molecule has 2 aromatic rings. The number of hydrogen-bond donors (Lipinski definition) is 0. The van der Waals surface area contributed by atoms with Gasteiger partial charge >= 0.3 is 0 Å². The van der Waals surface area contributed by atoms with Crippen LogP contribution >= 0.6 is 15.9 Å². The number of ether oxygens (including phenoxy) is 2. The summed E-state index contributed by atoms with van der Waals surface area (Å²) in [4.78, 5) is 39.7. The highest BCUT2D eigenvalue weighted by atomic mass is 79.9. The van der Waals surface area contributed by atoms with Crippen molar-refractivity contribution >= 4 is 39.6 Å². The molecule has 11 heteroatoms. The number of allylic oxidation sites excluding steroid dienone is 2. The normalized spacial score (nSPS) is 25.2. The van der Waals surface area contributed by atoms with Gasteiger partial charge in [-0.15, -0.1) is 0 Å². The van der Waals surface area contributed by atoms with E-state index in [1.54, 1.807) is 12.1 Å². The number of nitro groups is 1. The highest BCUT2D eigenvalue weighted by Gasteiger charge is 2.59. The quantitative estimate of drug-likeness (QED) is 0.190. The monoisotopic (exact) mass is 512 g/mol. The smallest absolute Gasteiger partial charge is 0.287 e. The average molecular weight is 513 g/mol. The summed E-state index contributed by atoms with van der Waals surface area (Å²) < 4.78 is 11.6. The first-order valence-corrected chi connectivity index (χ1v) is 10.9. The summed E-state index contributed by atoms with van der Waals surface area (Å²) in [6.07, 6.45) is 7.44. The van der Waals surface area contributed by atoms with E-state index in [4.69, 9.17) is 9.47 Å². The van der Waals surface area contributed by atoms with Gasteiger partial charge in [0.25, 0.3) is 17.5 Å². The van der Waals surface area contributed by atoms with Gasteiger partial charge in [0.2, 0.25) is 5.88 Å². The number of pyridine rings is 1. The lowest BCUT2D eigenvalue weighted by molar-refractivity contribution is -0.385. The molecule has 0 spiro atoms. The number of benzene rings is 1. The van der Waals surface area contributed by atoms with Crippen molar-refractivity contribution in [3.05, 3.63) is 62.8 Å². The summed E-state index contributed by atoms with van der Waals surface area (Å²) >= 11 is 3.42. The zero-order chi connectivity index (χ0) is 23.3. The maximum atomic E-state index is 12.8. The van der Waals surface area contributed by atoms with Crippen molar-refractivity contribution in [2.24, 2.45) is 28.8 Å². The Morgan fingerprint density at radius 2 is 1.91 bits per heavy atom. The molecule has 0 unspecified atom stereocenters. The number of rotatable bonds is 6. The Kier molecular flexibility index (Phi) is 5.20. The van der Waals surface area contributed by atoms with Gasteiger partial charge in [0.05, 0.1) is 34.6 Å². The first-order chi connectivity index (χ1) is 15.9. The van der Waals surface area contributed by atoms with Gasteiger partial charge in [0.15, 0.2) is 11.5 Å². The molecule has 0 radical (unpaired) electrons. The van der Waals surface area contributed by atoms with Crippen LogP contribution in [0.15, 0.2) is 52.2 Å². The molecule has 33 heavy (non-hydrogen) atoms. The predicted molar refractivity (Wildman–Crippen MR) is 119 cm³/mol. The van der Waals surface area contributed by atoms with Crippen LogP contribution in [0.1, 0.15) is 12.0 Å². The van der Waals surface area contributed by atoms with Gasteiger partial charge in [0.1, 0.15) is 6.20 Å². The predicted octanol–water partition coefficient (Wildman–Crippen LogP) is 3.69. The first-order valence-electron chi connectivity index (χ1n) is 10.1. The van der Waals surface area contributed by atoms with Crippen LogP contribution in [0.2, 0.25) is 0 Å². The van der Waals surface area contributed by atoms with E-state index >= 15 is 0 Å². The minimum absolute atomic E-state index is 0.121. The Balaban J connectivity index is 1.36. The largest absolute Gasteiger partial charge is 0.493 e. The molecule has 10 nitrogen and oxygen atoms in total. The maximum absolute atomic E-state index is 12.8. The molecule has 2 heterocycles. The minimum atomic E-state index is -0.550. The summed E-state index contributed by atoms with van der Waals surface area (Å²) in [5, 5.41) is 15.9. The van der Waals surface area contributed by atoms with Crippen LogP contribution < -0.4 is 9.47 Å².